The second-order valence-electron chi connectivity index (χ2n) is 4.28. The highest BCUT2D eigenvalue weighted by molar-refractivity contribution is 6.31. The Morgan fingerprint density at radius 2 is 2.19 bits per heavy atom. The minimum atomic E-state index is -0.917. The van der Waals surface area contributed by atoms with Crippen LogP contribution in [0.1, 0.15) is 25.2 Å². The molecule has 16 heavy (non-hydrogen) atoms. The standard InChI is InChI=1S/C11H19ClN2O2/c1-5-16-7-11(3,15)6-9-10(12)8(2)13-14(9)4/h15H,5-7H2,1-4H3. The van der Waals surface area contributed by atoms with Gasteiger partial charge in [0.05, 0.1) is 28.6 Å². The number of nitrogens with zero attached hydrogens (tertiary/aromatic N) is 2. The Labute approximate surface area is 101 Å². The normalized spacial score (nSPS) is 15.1. The molecule has 0 aliphatic heterocycles. The van der Waals surface area contributed by atoms with E-state index in [-0.39, 0.29) is 0 Å². The SMILES string of the molecule is CCOCC(C)(O)Cc1c(Cl)c(C)nn1C. The Kier molecular flexibility index (Phi) is 4.35. The molecule has 1 unspecified atom stereocenters. The smallest absolute Gasteiger partial charge is 0.0907 e. The summed E-state index contributed by atoms with van der Waals surface area (Å²) in [5.74, 6) is 0. The van der Waals surface area contributed by atoms with E-state index in [9.17, 15) is 5.11 Å². The lowest BCUT2D eigenvalue weighted by molar-refractivity contribution is -0.0307. The third kappa shape index (κ3) is 3.20. The molecule has 0 fully saturated rings. The molecule has 92 valence electrons. The minimum Gasteiger partial charge on any atom is -0.387 e. The number of aromatic nitrogens is 2. The van der Waals surface area contributed by atoms with E-state index in [0.717, 1.165) is 11.4 Å². The van der Waals surface area contributed by atoms with Crippen LogP contribution in [0.2, 0.25) is 5.02 Å². The molecule has 4 nitrogen and oxygen atoms in total. The molecule has 0 radical (unpaired) electrons. The van der Waals surface area contributed by atoms with Crippen molar-refractivity contribution < 1.29 is 9.84 Å². The van der Waals surface area contributed by atoms with E-state index in [2.05, 4.69) is 5.10 Å². The molecule has 1 aromatic heterocycles. The first-order valence-electron chi connectivity index (χ1n) is 5.35. The van der Waals surface area contributed by atoms with Gasteiger partial charge in [0, 0.05) is 20.1 Å². The lowest BCUT2D eigenvalue weighted by Crippen LogP contribution is -2.34. The third-order valence-electron chi connectivity index (χ3n) is 2.43. The zero-order valence-electron chi connectivity index (χ0n) is 10.2. The van der Waals surface area contributed by atoms with Crippen LogP contribution in [0, 0.1) is 6.92 Å². The number of aliphatic hydroxyl groups is 1. The van der Waals surface area contributed by atoms with Crippen molar-refractivity contribution in [2.75, 3.05) is 13.2 Å². The number of halogens is 1. The van der Waals surface area contributed by atoms with E-state index in [1.807, 2.05) is 20.9 Å². The summed E-state index contributed by atoms with van der Waals surface area (Å²) in [5.41, 5.74) is 0.704. The quantitative estimate of drug-likeness (QED) is 0.861. The molecule has 0 bridgehead atoms. The molecule has 1 N–H and O–H groups in total. The fourth-order valence-corrected chi connectivity index (χ4v) is 1.83. The van der Waals surface area contributed by atoms with Gasteiger partial charge in [-0.1, -0.05) is 11.6 Å². The number of hydrogen-bond acceptors (Lipinski definition) is 3. The average Bonchev–Trinajstić information content (AvgIpc) is 2.42. The molecule has 1 rings (SSSR count). The van der Waals surface area contributed by atoms with Gasteiger partial charge in [-0.15, -0.1) is 0 Å². The molecular weight excluding hydrogens is 228 g/mol. The van der Waals surface area contributed by atoms with Crippen molar-refractivity contribution in [2.45, 2.75) is 32.8 Å². The van der Waals surface area contributed by atoms with Crippen LogP contribution in [-0.4, -0.2) is 33.7 Å². The van der Waals surface area contributed by atoms with Crippen LogP contribution >= 0.6 is 11.6 Å². The van der Waals surface area contributed by atoms with Crippen LogP contribution in [0.5, 0.6) is 0 Å². The molecule has 1 heterocycles. The highest BCUT2D eigenvalue weighted by Gasteiger charge is 2.25. The zero-order valence-corrected chi connectivity index (χ0v) is 11.0. The first kappa shape index (κ1) is 13.5. The summed E-state index contributed by atoms with van der Waals surface area (Å²) in [5, 5.41) is 15.0. The Morgan fingerprint density at radius 3 is 2.62 bits per heavy atom. The maximum atomic E-state index is 10.1. The Balaban J connectivity index is 2.79. The van der Waals surface area contributed by atoms with Crippen LogP contribution in [0.15, 0.2) is 0 Å². The minimum absolute atomic E-state index is 0.296. The van der Waals surface area contributed by atoms with Crippen LogP contribution in [0.4, 0.5) is 0 Å². The molecule has 0 aromatic carbocycles. The van der Waals surface area contributed by atoms with Gasteiger partial charge in [-0.25, -0.2) is 0 Å². The highest BCUT2D eigenvalue weighted by Crippen LogP contribution is 2.23. The van der Waals surface area contributed by atoms with Gasteiger partial charge < -0.3 is 9.84 Å². The molecule has 0 aliphatic carbocycles. The van der Waals surface area contributed by atoms with Crippen molar-refractivity contribution >= 4 is 11.6 Å². The molecule has 5 heteroatoms. The molecule has 0 aliphatic rings. The summed E-state index contributed by atoms with van der Waals surface area (Å²) in [6, 6.07) is 0. The lowest BCUT2D eigenvalue weighted by atomic mass is 10.0. The lowest BCUT2D eigenvalue weighted by Gasteiger charge is -2.23. The van der Waals surface area contributed by atoms with Crippen LogP contribution in [-0.2, 0) is 18.2 Å². The van der Waals surface area contributed by atoms with E-state index in [4.69, 9.17) is 16.3 Å². The molecule has 0 amide bonds. The van der Waals surface area contributed by atoms with Gasteiger partial charge in [-0.3, -0.25) is 4.68 Å². The fraction of sp³-hybridized carbons (Fsp3) is 0.727. The number of aryl methyl sites for hydroxylation is 2. The predicted molar refractivity (Wildman–Crippen MR) is 63.8 cm³/mol. The van der Waals surface area contributed by atoms with Gasteiger partial charge in [0.25, 0.3) is 0 Å². The van der Waals surface area contributed by atoms with Gasteiger partial charge in [0.2, 0.25) is 0 Å². The maximum Gasteiger partial charge on any atom is 0.0907 e. The molecule has 0 spiro atoms. The van der Waals surface area contributed by atoms with Gasteiger partial charge in [-0.05, 0) is 20.8 Å². The first-order valence-corrected chi connectivity index (χ1v) is 5.73. The van der Waals surface area contributed by atoms with Gasteiger partial charge in [-0.2, -0.15) is 5.10 Å². The van der Waals surface area contributed by atoms with Crippen LogP contribution < -0.4 is 0 Å². The van der Waals surface area contributed by atoms with Crippen LogP contribution in [0.25, 0.3) is 0 Å². The number of rotatable bonds is 5. The molecule has 0 saturated heterocycles. The fourth-order valence-electron chi connectivity index (χ4n) is 1.61. The van der Waals surface area contributed by atoms with Gasteiger partial charge >= 0.3 is 0 Å². The van der Waals surface area contributed by atoms with E-state index in [1.165, 1.54) is 0 Å². The van der Waals surface area contributed by atoms with E-state index >= 15 is 0 Å². The monoisotopic (exact) mass is 246 g/mol. The molecule has 0 saturated carbocycles. The van der Waals surface area contributed by atoms with E-state index in [0.29, 0.717) is 24.7 Å². The summed E-state index contributed by atoms with van der Waals surface area (Å²) < 4.78 is 6.94. The second kappa shape index (κ2) is 5.17. The zero-order chi connectivity index (χ0) is 12.3. The molecule has 1 atom stereocenters. The van der Waals surface area contributed by atoms with Crippen molar-refractivity contribution in [3.8, 4) is 0 Å². The van der Waals surface area contributed by atoms with E-state index < -0.39 is 5.60 Å². The largest absolute Gasteiger partial charge is 0.387 e. The third-order valence-corrected chi connectivity index (χ3v) is 2.92. The molecule has 1 aromatic rings. The highest BCUT2D eigenvalue weighted by atomic mass is 35.5. The van der Waals surface area contributed by atoms with Gasteiger partial charge in [0.1, 0.15) is 0 Å². The van der Waals surface area contributed by atoms with Crippen LogP contribution in [0.3, 0.4) is 0 Å². The average molecular weight is 247 g/mol. The Hall–Kier alpha value is -0.580. The summed E-state index contributed by atoms with van der Waals surface area (Å²) >= 11 is 6.12. The predicted octanol–water partition coefficient (Wildman–Crippen LogP) is 1.71. The summed E-state index contributed by atoms with van der Waals surface area (Å²) in [4.78, 5) is 0. The maximum absolute atomic E-state index is 10.1. The Morgan fingerprint density at radius 1 is 1.56 bits per heavy atom. The number of hydrogen-bond donors (Lipinski definition) is 1. The summed E-state index contributed by atoms with van der Waals surface area (Å²) in [6.07, 6.45) is 0.434. The van der Waals surface area contributed by atoms with Crippen molar-refractivity contribution in [3.05, 3.63) is 16.4 Å². The summed E-state index contributed by atoms with van der Waals surface area (Å²) in [6.45, 7) is 6.38. The van der Waals surface area contributed by atoms with E-state index in [1.54, 1.807) is 11.6 Å². The second-order valence-corrected chi connectivity index (χ2v) is 4.66. The van der Waals surface area contributed by atoms with Crippen molar-refractivity contribution in [3.63, 3.8) is 0 Å². The number of ether oxygens (including phenoxy) is 1. The Bertz CT molecular complexity index is 361. The van der Waals surface area contributed by atoms with Crippen molar-refractivity contribution in [1.29, 1.82) is 0 Å². The topological polar surface area (TPSA) is 47.3 Å². The van der Waals surface area contributed by atoms with Crippen molar-refractivity contribution in [1.82, 2.24) is 9.78 Å². The summed E-state index contributed by atoms with van der Waals surface area (Å²) in [7, 11) is 1.82. The van der Waals surface area contributed by atoms with Gasteiger partial charge in [0.15, 0.2) is 0 Å². The molecular formula is C11H19ClN2O2. The first-order chi connectivity index (χ1) is 7.37. The van der Waals surface area contributed by atoms with Crippen molar-refractivity contribution in [2.24, 2.45) is 7.05 Å².